The van der Waals surface area contributed by atoms with Gasteiger partial charge >= 0.3 is 0 Å². The van der Waals surface area contributed by atoms with E-state index in [0.717, 1.165) is 22.6 Å². The van der Waals surface area contributed by atoms with Gasteiger partial charge in [0.25, 0.3) is 5.91 Å². The van der Waals surface area contributed by atoms with Gasteiger partial charge in [-0.2, -0.15) is 0 Å². The number of aliphatic hydroxyl groups excluding tert-OH is 1. The van der Waals surface area contributed by atoms with Crippen molar-refractivity contribution in [1.29, 1.82) is 0 Å². The van der Waals surface area contributed by atoms with Crippen LogP contribution < -0.4 is 4.90 Å². The van der Waals surface area contributed by atoms with Gasteiger partial charge in [-0.1, -0.05) is 45.0 Å². The maximum Gasteiger partial charge on any atom is 0.294 e. The van der Waals surface area contributed by atoms with E-state index in [4.69, 9.17) is 0 Å². The number of Topliss-reactive ketones (excluding diaryl/α,β-unsaturated/α-hetero) is 1. The van der Waals surface area contributed by atoms with Gasteiger partial charge in [-0.3, -0.25) is 14.5 Å². The SMILES string of the molecule is Cc1ccccc1C1C(C(=O)C(C)(C)C)=C(O)C(=O)N1c1ccc(F)c(F)c1. The van der Waals surface area contributed by atoms with E-state index in [1.54, 1.807) is 32.9 Å². The fraction of sp³-hybridized carbons (Fsp3) is 0.273. The third kappa shape index (κ3) is 3.19. The van der Waals surface area contributed by atoms with Crippen molar-refractivity contribution in [3.63, 3.8) is 0 Å². The highest BCUT2D eigenvalue weighted by molar-refractivity contribution is 6.17. The molecule has 4 nitrogen and oxygen atoms in total. The van der Waals surface area contributed by atoms with Gasteiger partial charge in [0, 0.05) is 17.2 Å². The lowest BCUT2D eigenvalue weighted by Gasteiger charge is -2.30. The van der Waals surface area contributed by atoms with Gasteiger partial charge in [0.2, 0.25) is 0 Å². The van der Waals surface area contributed by atoms with Gasteiger partial charge in [0.05, 0.1) is 11.6 Å². The quantitative estimate of drug-likeness (QED) is 0.827. The summed E-state index contributed by atoms with van der Waals surface area (Å²) in [5, 5.41) is 10.6. The third-order valence-corrected chi connectivity index (χ3v) is 4.80. The summed E-state index contributed by atoms with van der Waals surface area (Å²) in [5.41, 5.74) is 0.574. The van der Waals surface area contributed by atoms with Gasteiger partial charge in [-0.15, -0.1) is 0 Å². The molecular formula is C22H21F2NO3. The predicted molar refractivity (Wildman–Crippen MR) is 102 cm³/mol. The molecule has 2 aromatic carbocycles. The van der Waals surface area contributed by atoms with Gasteiger partial charge in [-0.05, 0) is 30.2 Å². The fourth-order valence-corrected chi connectivity index (χ4v) is 3.33. The highest BCUT2D eigenvalue weighted by Crippen LogP contribution is 2.44. The molecule has 1 aliphatic heterocycles. The molecule has 0 spiro atoms. The number of carbonyl (C=O) groups is 2. The molecule has 3 rings (SSSR count). The van der Waals surface area contributed by atoms with Crippen LogP contribution in [0, 0.1) is 24.0 Å². The average Bonchev–Trinajstić information content (AvgIpc) is 2.87. The summed E-state index contributed by atoms with van der Waals surface area (Å²) in [7, 11) is 0. The van der Waals surface area contributed by atoms with Crippen molar-refractivity contribution in [3.05, 3.63) is 76.6 Å². The van der Waals surface area contributed by atoms with Gasteiger partial charge in [-0.25, -0.2) is 8.78 Å². The zero-order chi connectivity index (χ0) is 20.8. The summed E-state index contributed by atoms with van der Waals surface area (Å²) in [6.07, 6.45) is 0. The predicted octanol–water partition coefficient (Wildman–Crippen LogP) is 4.79. The number of anilines is 1. The lowest BCUT2D eigenvalue weighted by Crippen LogP contribution is -2.33. The number of hydrogen-bond donors (Lipinski definition) is 1. The Morgan fingerprint density at radius 1 is 1.07 bits per heavy atom. The summed E-state index contributed by atoms with van der Waals surface area (Å²) in [6.45, 7) is 6.89. The van der Waals surface area contributed by atoms with Crippen LogP contribution in [0.4, 0.5) is 14.5 Å². The monoisotopic (exact) mass is 385 g/mol. The summed E-state index contributed by atoms with van der Waals surface area (Å²) < 4.78 is 27.3. The Balaban J connectivity index is 2.25. The lowest BCUT2D eigenvalue weighted by molar-refractivity contribution is -0.123. The number of halogens is 2. The van der Waals surface area contributed by atoms with Crippen molar-refractivity contribution in [3.8, 4) is 0 Å². The zero-order valence-electron chi connectivity index (χ0n) is 16.1. The van der Waals surface area contributed by atoms with Crippen LogP contribution >= 0.6 is 0 Å². The van der Waals surface area contributed by atoms with Crippen LogP contribution in [0.25, 0.3) is 0 Å². The molecule has 0 saturated heterocycles. The van der Waals surface area contributed by atoms with Crippen molar-refractivity contribution >= 4 is 17.4 Å². The molecule has 0 bridgehead atoms. The Morgan fingerprint density at radius 3 is 2.29 bits per heavy atom. The molecule has 0 radical (unpaired) electrons. The largest absolute Gasteiger partial charge is 0.503 e. The third-order valence-electron chi connectivity index (χ3n) is 4.80. The first kappa shape index (κ1) is 19.7. The molecule has 1 heterocycles. The number of amides is 1. The molecule has 0 fully saturated rings. The van der Waals surface area contributed by atoms with Crippen molar-refractivity contribution < 1.29 is 23.5 Å². The van der Waals surface area contributed by atoms with E-state index < -0.39 is 40.5 Å². The highest BCUT2D eigenvalue weighted by atomic mass is 19.2. The standard InChI is InChI=1S/C22H21F2NO3/c1-12-7-5-6-8-14(12)18-17(20(27)22(2,3)4)19(26)21(28)25(18)13-9-10-15(23)16(24)11-13/h5-11,18,26H,1-4H3. The second-order valence-electron chi connectivity index (χ2n) is 7.87. The molecule has 0 saturated carbocycles. The van der Waals surface area contributed by atoms with E-state index in [9.17, 15) is 23.5 Å². The van der Waals surface area contributed by atoms with Gasteiger partial charge in [0.1, 0.15) is 0 Å². The highest BCUT2D eigenvalue weighted by Gasteiger charge is 2.47. The Bertz CT molecular complexity index is 1010. The average molecular weight is 385 g/mol. The van der Waals surface area contributed by atoms with Crippen molar-refractivity contribution in [2.24, 2.45) is 5.41 Å². The minimum absolute atomic E-state index is 0.0449. The number of ketones is 1. The molecular weight excluding hydrogens is 364 g/mol. The molecule has 1 N–H and O–H groups in total. The lowest BCUT2D eigenvalue weighted by atomic mass is 9.81. The van der Waals surface area contributed by atoms with Crippen LogP contribution in [-0.2, 0) is 9.59 Å². The van der Waals surface area contributed by atoms with Crippen molar-refractivity contribution in [2.45, 2.75) is 33.7 Å². The van der Waals surface area contributed by atoms with E-state index in [-0.39, 0.29) is 11.3 Å². The van der Waals surface area contributed by atoms with E-state index in [0.29, 0.717) is 5.56 Å². The van der Waals surface area contributed by atoms with Crippen LogP contribution in [0.1, 0.15) is 37.9 Å². The maximum atomic E-state index is 13.9. The molecule has 1 unspecified atom stereocenters. The van der Waals surface area contributed by atoms with Crippen LogP contribution in [0.3, 0.4) is 0 Å². The number of carbonyl (C=O) groups excluding carboxylic acids is 2. The molecule has 6 heteroatoms. The van der Waals surface area contributed by atoms with Crippen LogP contribution in [0.5, 0.6) is 0 Å². The fourth-order valence-electron chi connectivity index (χ4n) is 3.33. The van der Waals surface area contributed by atoms with Gasteiger partial charge < -0.3 is 5.11 Å². The molecule has 146 valence electrons. The molecule has 1 atom stereocenters. The summed E-state index contributed by atoms with van der Waals surface area (Å²) >= 11 is 0. The Morgan fingerprint density at radius 2 is 1.71 bits per heavy atom. The summed E-state index contributed by atoms with van der Waals surface area (Å²) in [6, 6.07) is 9.23. The molecule has 1 aliphatic rings. The van der Waals surface area contributed by atoms with Crippen LogP contribution in [-0.4, -0.2) is 16.8 Å². The maximum absolute atomic E-state index is 13.9. The number of nitrogens with zero attached hydrogens (tertiary/aromatic N) is 1. The van der Waals surface area contributed by atoms with Crippen LogP contribution in [0.2, 0.25) is 0 Å². The van der Waals surface area contributed by atoms with E-state index in [1.807, 2.05) is 19.1 Å². The molecule has 0 aliphatic carbocycles. The van der Waals surface area contributed by atoms with Gasteiger partial charge in [0.15, 0.2) is 23.2 Å². The van der Waals surface area contributed by atoms with Crippen molar-refractivity contribution in [1.82, 2.24) is 0 Å². The first-order valence-electron chi connectivity index (χ1n) is 8.86. The summed E-state index contributed by atoms with van der Waals surface area (Å²) in [4.78, 5) is 27.1. The van der Waals surface area contributed by atoms with E-state index in [1.165, 1.54) is 6.07 Å². The minimum atomic E-state index is -1.12. The molecule has 2 aromatic rings. The number of hydrogen-bond acceptors (Lipinski definition) is 3. The Labute approximate surface area is 162 Å². The van der Waals surface area contributed by atoms with E-state index >= 15 is 0 Å². The normalized spacial score (nSPS) is 17.4. The second-order valence-corrected chi connectivity index (χ2v) is 7.87. The summed E-state index contributed by atoms with van der Waals surface area (Å²) in [5.74, 6) is -4.06. The molecule has 0 aromatic heterocycles. The van der Waals surface area contributed by atoms with E-state index in [2.05, 4.69) is 0 Å². The zero-order valence-corrected chi connectivity index (χ0v) is 16.1. The minimum Gasteiger partial charge on any atom is -0.503 e. The first-order valence-corrected chi connectivity index (χ1v) is 8.86. The smallest absolute Gasteiger partial charge is 0.294 e. The van der Waals surface area contributed by atoms with Crippen molar-refractivity contribution in [2.75, 3.05) is 4.90 Å². The molecule has 28 heavy (non-hydrogen) atoms. The second kappa shape index (κ2) is 6.86. The Hall–Kier alpha value is -3.02. The van der Waals surface area contributed by atoms with Crippen LogP contribution in [0.15, 0.2) is 53.8 Å². The number of aliphatic hydroxyl groups is 1. The number of aryl methyl sites for hydroxylation is 1. The molecule has 1 amide bonds. The topological polar surface area (TPSA) is 57.6 Å². The number of rotatable bonds is 3. The number of benzene rings is 2. The Kier molecular flexibility index (Phi) is 4.83. The first-order chi connectivity index (χ1) is 13.0.